The van der Waals surface area contributed by atoms with Crippen LogP contribution in [0.1, 0.15) is 194 Å². The number of rotatable bonds is 41. The molecule has 0 aromatic carbocycles. The van der Waals surface area contributed by atoms with E-state index in [0.717, 1.165) is 57.8 Å². The topological polar surface area (TPSA) is 108 Å². The number of aliphatic hydroxyl groups excluding tert-OH is 1. The zero-order valence-electron chi connectivity index (χ0n) is 37.1. The molecule has 0 bridgehead atoms. The van der Waals surface area contributed by atoms with E-state index >= 15 is 0 Å². The van der Waals surface area contributed by atoms with Crippen molar-refractivity contribution in [2.75, 3.05) is 40.9 Å². The number of phosphoric ester groups is 1. The Balaban J connectivity index is 4.47. The van der Waals surface area contributed by atoms with Crippen LogP contribution in [0.15, 0.2) is 48.6 Å². The predicted molar refractivity (Wildman–Crippen MR) is 238 cm³/mol. The van der Waals surface area contributed by atoms with Gasteiger partial charge in [-0.2, -0.15) is 0 Å². The van der Waals surface area contributed by atoms with Crippen LogP contribution in [-0.2, 0) is 18.4 Å². The zero-order valence-corrected chi connectivity index (χ0v) is 38.0. The van der Waals surface area contributed by atoms with Crippen LogP contribution in [0.3, 0.4) is 0 Å². The van der Waals surface area contributed by atoms with E-state index in [0.29, 0.717) is 17.4 Å². The Morgan fingerprint density at radius 3 is 1.57 bits per heavy atom. The molecule has 0 aliphatic carbocycles. The minimum Gasteiger partial charge on any atom is -0.756 e. The van der Waals surface area contributed by atoms with E-state index in [1.807, 2.05) is 27.2 Å². The molecule has 0 saturated carbocycles. The van der Waals surface area contributed by atoms with Crippen molar-refractivity contribution in [3.63, 3.8) is 0 Å². The van der Waals surface area contributed by atoms with Gasteiger partial charge >= 0.3 is 0 Å². The van der Waals surface area contributed by atoms with Crippen LogP contribution in [0.2, 0.25) is 0 Å². The SMILES string of the molecule is CCCCCC/C=C\C/C=C\CCCCCCCCCC(=O)NC(COP(=O)([O-])OCC[N+](C)(C)C)C(O)/C=C/CC/C=C/CCCCCCCCCCCC. The number of nitrogens with one attached hydrogen (secondary N) is 1. The third-order valence-electron chi connectivity index (χ3n) is 10.0. The number of likely N-dealkylation sites (N-methyl/N-ethyl adjacent to an activating group) is 1. The summed E-state index contributed by atoms with van der Waals surface area (Å²) in [4.78, 5) is 25.3. The summed E-state index contributed by atoms with van der Waals surface area (Å²) >= 11 is 0. The maximum absolute atomic E-state index is 12.9. The molecule has 0 fully saturated rings. The highest BCUT2D eigenvalue weighted by Gasteiger charge is 2.23. The molecule has 9 heteroatoms. The average Bonchev–Trinajstić information content (AvgIpc) is 3.15. The maximum Gasteiger partial charge on any atom is 0.268 e. The lowest BCUT2D eigenvalue weighted by molar-refractivity contribution is -0.870. The van der Waals surface area contributed by atoms with Gasteiger partial charge in [-0.1, -0.05) is 172 Å². The van der Waals surface area contributed by atoms with Crippen molar-refractivity contribution in [3.05, 3.63) is 48.6 Å². The first-order valence-electron chi connectivity index (χ1n) is 23.0. The minimum absolute atomic E-state index is 0.00923. The first-order chi connectivity index (χ1) is 27.0. The number of carbonyl (C=O) groups excluding carboxylic acids is 1. The minimum atomic E-state index is -4.60. The Morgan fingerprint density at radius 1 is 0.625 bits per heavy atom. The van der Waals surface area contributed by atoms with Gasteiger partial charge in [0.05, 0.1) is 39.9 Å². The lowest BCUT2D eigenvalue weighted by Gasteiger charge is -2.29. The molecule has 0 aromatic rings. The fourth-order valence-electron chi connectivity index (χ4n) is 6.31. The Kier molecular flexibility index (Phi) is 37.9. The molecule has 0 saturated heterocycles. The van der Waals surface area contributed by atoms with Gasteiger partial charge in [0.25, 0.3) is 7.82 Å². The number of hydrogen-bond donors (Lipinski definition) is 2. The van der Waals surface area contributed by atoms with E-state index in [1.54, 1.807) is 6.08 Å². The number of aliphatic hydroxyl groups is 1. The molecule has 0 radical (unpaired) electrons. The Bertz CT molecular complexity index is 1050. The Morgan fingerprint density at radius 2 is 1.05 bits per heavy atom. The van der Waals surface area contributed by atoms with Crippen molar-refractivity contribution in [3.8, 4) is 0 Å². The number of nitrogens with zero attached hydrogens (tertiary/aromatic N) is 1. The molecule has 0 aliphatic rings. The fraction of sp³-hybridized carbons (Fsp3) is 0.809. The molecule has 3 atom stereocenters. The van der Waals surface area contributed by atoms with Gasteiger partial charge in [-0.3, -0.25) is 9.36 Å². The first kappa shape index (κ1) is 54.5. The van der Waals surface area contributed by atoms with Gasteiger partial charge in [-0.25, -0.2) is 0 Å². The second-order valence-electron chi connectivity index (χ2n) is 16.7. The van der Waals surface area contributed by atoms with Crippen LogP contribution in [0.25, 0.3) is 0 Å². The molecule has 328 valence electrons. The normalized spacial score (nSPS) is 14.8. The van der Waals surface area contributed by atoms with Crippen molar-refractivity contribution in [1.29, 1.82) is 0 Å². The molecule has 0 aliphatic heterocycles. The molecule has 1 amide bonds. The van der Waals surface area contributed by atoms with E-state index in [9.17, 15) is 19.4 Å². The molecule has 0 rings (SSSR count). The van der Waals surface area contributed by atoms with Crippen LogP contribution >= 0.6 is 7.82 Å². The summed E-state index contributed by atoms with van der Waals surface area (Å²) in [5.74, 6) is -0.217. The maximum atomic E-state index is 12.9. The fourth-order valence-corrected chi connectivity index (χ4v) is 7.04. The summed E-state index contributed by atoms with van der Waals surface area (Å²) in [6.07, 6.45) is 48.7. The van der Waals surface area contributed by atoms with Crippen molar-refractivity contribution in [2.24, 2.45) is 0 Å². The summed E-state index contributed by atoms with van der Waals surface area (Å²) < 4.78 is 23.2. The number of phosphoric acid groups is 1. The molecular weight excluding hydrogens is 719 g/mol. The van der Waals surface area contributed by atoms with Crippen LogP contribution in [0.5, 0.6) is 0 Å². The van der Waals surface area contributed by atoms with Crippen molar-refractivity contribution in [1.82, 2.24) is 5.32 Å². The average molecular weight is 809 g/mol. The second-order valence-corrected chi connectivity index (χ2v) is 18.2. The van der Waals surface area contributed by atoms with Gasteiger partial charge in [0.1, 0.15) is 13.2 Å². The van der Waals surface area contributed by atoms with Crippen LogP contribution in [0.4, 0.5) is 0 Å². The van der Waals surface area contributed by atoms with Gasteiger partial charge in [-0.05, 0) is 64.2 Å². The number of allylic oxidation sites excluding steroid dienone is 7. The summed E-state index contributed by atoms with van der Waals surface area (Å²) in [6.45, 7) is 4.59. The van der Waals surface area contributed by atoms with E-state index in [2.05, 4.69) is 55.6 Å². The van der Waals surface area contributed by atoms with Gasteiger partial charge in [0.2, 0.25) is 5.91 Å². The molecule has 56 heavy (non-hydrogen) atoms. The number of carbonyl (C=O) groups is 1. The molecule has 8 nitrogen and oxygen atoms in total. The van der Waals surface area contributed by atoms with Gasteiger partial charge in [-0.15, -0.1) is 0 Å². The monoisotopic (exact) mass is 809 g/mol. The van der Waals surface area contributed by atoms with Crippen molar-refractivity contribution < 1.29 is 32.9 Å². The smallest absolute Gasteiger partial charge is 0.268 e. The number of amides is 1. The largest absolute Gasteiger partial charge is 0.756 e. The highest BCUT2D eigenvalue weighted by atomic mass is 31.2. The second kappa shape index (κ2) is 38.9. The lowest BCUT2D eigenvalue weighted by atomic mass is 10.1. The molecule has 0 aromatic heterocycles. The Hall–Kier alpha value is -1.54. The predicted octanol–water partition coefficient (Wildman–Crippen LogP) is 12.2. The third kappa shape index (κ3) is 40.6. The standard InChI is InChI=1S/C47H89N2O6P/c1-6-8-10-12-14-16-18-20-22-24-25-27-29-31-33-35-37-39-41-47(51)48-45(44-55-56(52,53)54-43-42-49(3,4)5)46(50)40-38-36-34-32-30-28-26-23-21-19-17-15-13-11-9-7-2/h16,18,22,24,30,32,38,40,45-46,50H,6-15,17,19-21,23,25-29,31,33-37,39,41-44H2,1-5H3,(H-,48,51,52,53)/b18-16-,24-22-,32-30+,40-38+. The number of hydrogen-bond acceptors (Lipinski definition) is 6. The summed E-state index contributed by atoms with van der Waals surface area (Å²) in [5, 5.41) is 13.8. The lowest BCUT2D eigenvalue weighted by Crippen LogP contribution is -2.45. The molecule has 0 spiro atoms. The highest BCUT2D eigenvalue weighted by molar-refractivity contribution is 7.45. The summed E-state index contributed by atoms with van der Waals surface area (Å²) in [7, 11) is 1.23. The van der Waals surface area contributed by atoms with E-state index < -0.39 is 26.6 Å². The number of quaternary nitrogens is 1. The highest BCUT2D eigenvalue weighted by Crippen LogP contribution is 2.38. The third-order valence-corrected chi connectivity index (χ3v) is 11.0. The van der Waals surface area contributed by atoms with Crippen molar-refractivity contribution >= 4 is 13.7 Å². The van der Waals surface area contributed by atoms with E-state index in [1.165, 1.54) is 116 Å². The summed E-state index contributed by atoms with van der Waals surface area (Å²) in [6, 6.07) is -0.907. The van der Waals surface area contributed by atoms with Crippen LogP contribution in [0, 0.1) is 0 Å². The molecular formula is C47H89N2O6P. The van der Waals surface area contributed by atoms with E-state index in [4.69, 9.17) is 9.05 Å². The molecule has 0 heterocycles. The zero-order chi connectivity index (χ0) is 41.4. The Labute approximate surface area is 346 Å². The quantitative estimate of drug-likeness (QED) is 0.0276. The van der Waals surface area contributed by atoms with Crippen LogP contribution in [-0.4, -0.2) is 68.5 Å². The summed E-state index contributed by atoms with van der Waals surface area (Å²) in [5.41, 5.74) is 0. The van der Waals surface area contributed by atoms with Crippen molar-refractivity contribution in [2.45, 2.75) is 206 Å². The first-order valence-corrected chi connectivity index (χ1v) is 24.5. The van der Waals surface area contributed by atoms with E-state index in [-0.39, 0.29) is 12.5 Å². The van der Waals surface area contributed by atoms with Crippen LogP contribution < -0.4 is 10.2 Å². The molecule has 2 N–H and O–H groups in total. The molecule has 3 unspecified atom stereocenters. The van der Waals surface area contributed by atoms with Gasteiger partial charge in [0, 0.05) is 6.42 Å². The van der Waals surface area contributed by atoms with Gasteiger partial charge in [0.15, 0.2) is 0 Å². The van der Waals surface area contributed by atoms with Gasteiger partial charge < -0.3 is 28.8 Å². The number of unbranched alkanes of at least 4 members (excludes halogenated alkanes) is 22.